The number of nitrogens with one attached hydrogen (secondary N) is 1. The number of hydrogen-bond acceptors (Lipinski definition) is 5. The monoisotopic (exact) mass is 358 g/mol. The van der Waals surface area contributed by atoms with Gasteiger partial charge >= 0.3 is 0 Å². The summed E-state index contributed by atoms with van der Waals surface area (Å²) < 4.78 is 35.9. The topological polar surface area (TPSA) is 84.9 Å². The largest absolute Gasteiger partial charge is 0.497 e. The van der Waals surface area contributed by atoms with Gasteiger partial charge in [-0.25, -0.2) is 8.42 Å². The Kier molecular flexibility index (Phi) is 6.48. The first kappa shape index (κ1) is 20.1. The maximum Gasteiger partial charge on any atom is 0.232 e. The highest BCUT2D eigenvalue weighted by Gasteiger charge is 2.23. The molecule has 24 heavy (non-hydrogen) atoms. The molecule has 1 N–H and O–H groups in total. The van der Waals surface area contributed by atoms with Crippen molar-refractivity contribution in [2.24, 2.45) is 0 Å². The number of benzene rings is 1. The zero-order valence-electron chi connectivity index (χ0n) is 15.0. The number of nitrogens with zero attached hydrogens (tertiary/aromatic N) is 1. The highest BCUT2D eigenvalue weighted by molar-refractivity contribution is 7.92. The van der Waals surface area contributed by atoms with Gasteiger partial charge in [-0.1, -0.05) is 0 Å². The van der Waals surface area contributed by atoms with Gasteiger partial charge in [0.05, 0.1) is 26.2 Å². The van der Waals surface area contributed by atoms with Crippen LogP contribution in [0.3, 0.4) is 0 Å². The van der Waals surface area contributed by atoms with Gasteiger partial charge in [-0.2, -0.15) is 0 Å². The van der Waals surface area contributed by atoms with E-state index in [9.17, 15) is 13.2 Å². The van der Waals surface area contributed by atoms with E-state index in [0.717, 1.165) is 10.6 Å². The van der Waals surface area contributed by atoms with Crippen LogP contribution in [0, 0.1) is 0 Å². The second kappa shape index (κ2) is 7.74. The van der Waals surface area contributed by atoms with Crippen molar-refractivity contribution in [2.75, 3.05) is 31.3 Å². The number of hydrogen-bond donors (Lipinski definition) is 1. The van der Waals surface area contributed by atoms with Crippen LogP contribution in [0.4, 0.5) is 5.69 Å². The molecule has 0 unspecified atom stereocenters. The predicted molar refractivity (Wildman–Crippen MR) is 94.2 cm³/mol. The predicted octanol–water partition coefficient (Wildman–Crippen LogP) is 1.77. The third-order valence-corrected chi connectivity index (χ3v) is 4.29. The summed E-state index contributed by atoms with van der Waals surface area (Å²) in [7, 11) is -0.614. The van der Waals surface area contributed by atoms with E-state index in [1.54, 1.807) is 18.2 Å². The second-order valence-corrected chi connectivity index (χ2v) is 8.33. The SMILES string of the molecule is COc1ccc(N(CCC(=O)NC(C)(C)C)S(C)(=O)=O)c(OC)c1. The highest BCUT2D eigenvalue weighted by atomic mass is 32.2. The molecule has 0 aromatic heterocycles. The molecule has 0 aliphatic heterocycles. The van der Waals surface area contributed by atoms with Gasteiger partial charge in [0.2, 0.25) is 15.9 Å². The van der Waals surface area contributed by atoms with E-state index in [1.807, 2.05) is 20.8 Å². The maximum absolute atomic E-state index is 12.2. The third-order valence-electron chi connectivity index (χ3n) is 3.11. The third kappa shape index (κ3) is 5.92. The fourth-order valence-corrected chi connectivity index (χ4v) is 3.07. The van der Waals surface area contributed by atoms with Crippen LogP contribution in [0.25, 0.3) is 0 Å². The van der Waals surface area contributed by atoms with E-state index in [0.29, 0.717) is 17.2 Å². The number of rotatable bonds is 7. The van der Waals surface area contributed by atoms with Crippen LogP contribution in [0.15, 0.2) is 18.2 Å². The summed E-state index contributed by atoms with van der Waals surface area (Å²) in [5, 5.41) is 2.81. The molecule has 0 atom stereocenters. The lowest BCUT2D eigenvalue weighted by molar-refractivity contribution is -0.122. The maximum atomic E-state index is 12.2. The molecule has 0 saturated carbocycles. The molecule has 0 aliphatic carbocycles. The minimum Gasteiger partial charge on any atom is -0.497 e. The summed E-state index contributed by atoms with van der Waals surface area (Å²) in [6, 6.07) is 4.84. The summed E-state index contributed by atoms with van der Waals surface area (Å²) in [5.74, 6) is 0.689. The molecule has 0 bridgehead atoms. The minimum atomic E-state index is -3.58. The molecule has 136 valence electrons. The zero-order chi connectivity index (χ0) is 18.5. The standard InChI is InChI=1S/C16H26N2O5S/c1-16(2,3)17-15(19)9-10-18(24(6,20)21)13-8-7-12(22-4)11-14(13)23-5/h7-8,11H,9-10H2,1-6H3,(H,17,19). The van der Waals surface area contributed by atoms with Gasteiger partial charge in [-0.05, 0) is 32.9 Å². The molecule has 1 aromatic rings. The van der Waals surface area contributed by atoms with Crippen LogP contribution >= 0.6 is 0 Å². The number of sulfonamides is 1. The fourth-order valence-electron chi connectivity index (χ4n) is 2.14. The van der Waals surface area contributed by atoms with Crippen molar-refractivity contribution in [1.29, 1.82) is 0 Å². The van der Waals surface area contributed by atoms with Crippen LogP contribution in [0.5, 0.6) is 11.5 Å². The number of ether oxygens (including phenoxy) is 2. The highest BCUT2D eigenvalue weighted by Crippen LogP contribution is 2.33. The normalized spacial score (nSPS) is 11.8. The Hall–Kier alpha value is -1.96. The van der Waals surface area contributed by atoms with Crippen LogP contribution in [0.2, 0.25) is 0 Å². The summed E-state index contributed by atoms with van der Waals surface area (Å²) in [6.45, 7) is 5.62. The van der Waals surface area contributed by atoms with Crippen LogP contribution in [-0.2, 0) is 14.8 Å². The quantitative estimate of drug-likeness (QED) is 0.803. The van der Waals surface area contributed by atoms with Crippen molar-refractivity contribution in [2.45, 2.75) is 32.7 Å². The Bertz CT molecular complexity index is 680. The lowest BCUT2D eigenvalue weighted by atomic mass is 10.1. The number of amides is 1. The van der Waals surface area contributed by atoms with Crippen LogP contribution < -0.4 is 19.1 Å². The van der Waals surface area contributed by atoms with Crippen molar-refractivity contribution in [3.63, 3.8) is 0 Å². The first-order valence-electron chi connectivity index (χ1n) is 7.48. The van der Waals surface area contributed by atoms with E-state index in [-0.39, 0.29) is 24.4 Å². The van der Waals surface area contributed by atoms with Crippen LogP contribution in [0.1, 0.15) is 27.2 Å². The molecule has 0 radical (unpaired) electrons. The lowest BCUT2D eigenvalue weighted by Gasteiger charge is -2.25. The number of methoxy groups -OCH3 is 2. The van der Waals surface area contributed by atoms with Gasteiger partial charge in [-0.15, -0.1) is 0 Å². The number of carbonyl (C=O) groups excluding carboxylic acids is 1. The molecular weight excluding hydrogens is 332 g/mol. The molecule has 1 rings (SSSR count). The van der Waals surface area contributed by atoms with Crippen molar-refractivity contribution >= 4 is 21.6 Å². The Morgan fingerprint density at radius 1 is 1.21 bits per heavy atom. The Labute approximate surface area is 144 Å². The lowest BCUT2D eigenvalue weighted by Crippen LogP contribution is -2.42. The van der Waals surface area contributed by atoms with Gasteiger partial charge < -0.3 is 14.8 Å². The van der Waals surface area contributed by atoms with Crippen molar-refractivity contribution < 1.29 is 22.7 Å². The average Bonchev–Trinajstić information content (AvgIpc) is 2.44. The average molecular weight is 358 g/mol. The van der Waals surface area contributed by atoms with Crippen molar-refractivity contribution in [3.8, 4) is 11.5 Å². The summed E-state index contributed by atoms with van der Waals surface area (Å²) in [6.07, 6.45) is 1.14. The zero-order valence-corrected chi connectivity index (χ0v) is 15.9. The Morgan fingerprint density at radius 3 is 2.29 bits per heavy atom. The molecule has 0 spiro atoms. The van der Waals surface area contributed by atoms with E-state index in [4.69, 9.17) is 9.47 Å². The minimum absolute atomic E-state index is 0.0173. The Balaban J connectivity index is 3.06. The molecule has 0 saturated heterocycles. The van der Waals surface area contributed by atoms with Crippen molar-refractivity contribution in [1.82, 2.24) is 5.32 Å². The van der Waals surface area contributed by atoms with Gasteiger partial charge in [0.15, 0.2) is 0 Å². The molecular formula is C16H26N2O5S. The van der Waals surface area contributed by atoms with Gasteiger partial charge in [0.25, 0.3) is 0 Å². The molecule has 1 aromatic carbocycles. The second-order valence-electron chi connectivity index (χ2n) is 6.42. The van der Waals surface area contributed by atoms with Gasteiger partial charge in [0, 0.05) is 24.6 Å². The van der Waals surface area contributed by atoms with Crippen molar-refractivity contribution in [3.05, 3.63) is 18.2 Å². The van der Waals surface area contributed by atoms with Crippen LogP contribution in [-0.4, -0.2) is 46.9 Å². The van der Waals surface area contributed by atoms with E-state index < -0.39 is 10.0 Å². The Morgan fingerprint density at radius 2 is 1.83 bits per heavy atom. The van der Waals surface area contributed by atoms with E-state index in [2.05, 4.69) is 5.32 Å². The summed E-state index contributed by atoms with van der Waals surface area (Å²) >= 11 is 0. The first-order chi connectivity index (χ1) is 11.0. The molecule has 0 fully saturated rings. The molecule has 7 nitrogen and oxygen atoms in total. The molecule has 0 heterocycles. The number of anilines is 1. The smallest absolute Gasteiger partial charge is 0.232 e. The van der Waals surface area contributed by atoms with Gasteiger partial charge in [-0.3, -0.25) is 9.10 Å². The summed E-state index contributed by atoms with van der Waals surface area (Å²) in [5.41, 5.74) is -0.00509. The van der Waals surface area contributed by atoms with E-state index in [1.165, 1.54) is 14.2 Å². The van der Waals surface area contributed by atoms with E-state index >= 15 is 0 Å². The first-order valence-corrected chi connectivity index (χ1v) is 9.33. The van der Waals surface area contributed by atoms with Gasteiger partial charge in [0.1, 0.15) is 11.5 Å². The molecule has 0 aliphatic rings. The molecule has 8 heteroatoms. The molecule has 1 amide bonds. The summed E-state index contributed by atoms with van der Waals surface area (Å²) in [4.78, 5) is 12.0. The fraction of sp³-hybridized carbons (Fsp3) is 0.562. The number of carbonyl (C=O) groups is 1.